The van der Waals surface area contributed by atoms with Crippen molar-refractivity contribution in [2.75, 3.05) is 13.2 Å². The summed E-state index contributed by atoms with van der Waals surface area (Å²) in [6.45, 7) is 2.05. The van der Waals surface area contributed by atoms with Gasteiger partial charge in [-0.1, -0.05) is 12.1 Å². The van der Waals surface area contributed by atoms with E-state index in [2.05, 4.69) is 23.5 Å². The average Bonchev–Trinajstić information content (AvgIpc) is 2.15. The van der Waals surface area contributed by atoms with Crippen LogP contribution in [-0.2, 0) is 6.42 Å². The molecular weight excluding hydrogens is 174 g/mol. The maximum Gasteiger partial charge on any atom is 0.122 e. The Morgan fingerprint density at radius 3 is 3.07 bits per heavy atom. The van der Waals surface area contributed by atoms with E-state index in [1.54, 1.807) is 0 Å². The smallest absolute Gasteiger partial charge is 0.122 e. The quantitative estimate of drug-likeness (QED) is 0.730. The molecule has 0 unspecified atom stereocenters. The first-order chi connectivity index (χ1) is 6.93. The third-order valence-corrected chi connectivity index (χ3v) is 3.16. The molecular formula is C12H15NO. The average molecular weight is 189 g/mol. The summed E-state index contributed by atoms with van der Waals surface area (Å²) in [6.07, 6.45) is 3.62. The van der Waals surface area contributed by atoms with Gasteiger partial charge in [0.1, 0.15) is 5.75 Å². The third-order valence-electron chi connectivity index (χ3n) is 3.16. The number of fused-ring (bicyclic) bond motifs is 1. The van der Waals surface area contributed by atoms with E-state index in [9.17, 15) is 0 Å². The zero-order valence-electron chi connectivity index (χ0n) is 8.25. The molecule has 14 heavy (non-hydrogen) atoms. The van der Waals surface area contributed by atoms with Crippen LogP contribution in [-0.4, -0.2) is 13.2 Å². The van der Waals surface area contributed by atoms with Crippen molar-refractivity contribution in [3.05, 3.63) is 29.3 Å². The van der Waals surface area contributed by atoms with E-state index < -0.39 is 0 Å². The summed E-state index contributed by atoms with van der Waals surface area (Å²) in [5, 5.41) is 3.43. The van der Waals surface area contributed by atoms with Crippen LogP contribution < -0.4 is 10.1 Å². The summed E-state index contributed by atoms with van der Waals surface area (Å²) in [5.41, 5.74) is 2.82. The van der Waals surface area contributed by atoms with Gasteiger partial charge in [0, 0.05) is 6.04 Å². The van der Waals surface area contributed by atoms with Crippen LogP contribution in [0.15, 0.2) is 18.2 Å². The van der Waals surface area contributed by atoms with Crippen LogP contribution in [0, 0.1) is 0 Å². The zero-order chi connectivity index (χ0) is 9.38. The highest BCUT2D eigenvalue weighted by Gasteiger charge is 2.20. The summed E-state index contributed by atoms with van der Waals surface area (Å²) in [7, 11) is 0. The number of ether oxygens (including phenoxy) is 1. The van der Waals surface area contributed by atoms with E-state index in [1.807, 2.05) is 0 Å². The Morgan fingerprint density at radius 2 is 2.29 bits per heavy atom. The Bertz CT molecular complexity index is 344. The van der Waals surface area contributed by atoms with Gasteiger partial charge >= 0.3 is 0 Å². The monoisotopic (exact) mass is 189 g/mol. The van der Waals surface area contributed by atoms with Crippen LogP contribution in [0.4, 0.5) is 0 Å². The highest BCUT2D eigenvalue weighted by Crippen LogP contribution is 2.30. The molecule has 2 aliphatic rings. The van der Waals surface area contributed by atoms with E-state index in [0.717, 1.165) is 25.3 Å². The van der Waals surface area contributed by atoms with Gasteiger partial charge in [-0.2, -0.15) is 0 Å². The van der Waals surface area contributed by atoms with Gasteiger partial charge in [0.25, 0.3) is 0 Å². The van der Waals surface area contributed by atoms with Crippen molar-refractivity contribution in [3.8, 4) is 5.75 Å². The molecule has 74 valence electrons. The molecule has 0 saturated carbocycles. The third kappa shape index (κ3) is 1.30. The molecule has 1 aromatic carbocycles. The van der Waals surface area contributed by atoms with Gasteiger partial charge in [-0.25, -0.2) is 0 Å². The van der Waals surface area contributed by atoms with Crippen LogP contribution in [0.2, 0.25) is 0 Å². The van der Waals surface area contributed by atoms with Gasteiger partial charge in [0.2, 0.25) is 0 Å². The van der Waals surface area contributed by atoms with Crippen molar-refractivity contribution in [3.63, 3.8) is 0 Å². The van der Waals surface area contributed by atoms with Crippen molar-refractivity contribution in [2.24, 2.45) is 0 Å². The number of rotatable bonds is 1. The minimum Gasteiger partial charge on any atom is -0.493 e. The Balaban J connectivity index is 1.92. The number of aryl methyl sites for hydroxylation is 1. The maximum absolute atomic E-state index is 5.59. The zero-order valence-corrected chi connectivity index (χ0v) is 8.25. The lowest BCUT2D eigenvalue weighted by Gasteiger charge is -2.29. The molecule has 0 spiro atoms. The van der Waals surface area contributed by atoms with E-state index >= 15 is 0 Å². The van der Waals surface area contributed by atoms with Crippen molar-refractivity contribution < 1.29 is 4.74 Å². The van der Waals surface area contributed by atoms with Gasteiger partial charge in [-0.05, 0) is 43.0 Å². The normalized spacial score (nSPS) is 24.7. The van der Waals surface area contributed by atoms with Gasteiger partial charge in [-0.3, -0.25) is 0 Å². The van der Waals surface area contributed by atoms with Gasteiger partial charge in [-0.15, -0.1) is 0 Å². The van der Waals surface area contributed by atoms with Gasteiger partial charge in [0.05, 0.1) is 6.61 Å². The molecule has 1 atom stereocenters. The van der Waals surface area contributed by atoms with Crippen LogP contribution in [0.5, 0.6) is 5.75 Å². The topological polar surface area (TPSA) is 21.3 Å². The predicted molar refractivity (Wildman–Crippen MR) is 55.6 cm³/mol. The van der Waals surface area contributed by atoms with Gasteiger partial charge in [0.15, 0.2) is 0 Å². The Morgan fingerprint density at radius 1 is 1.36 bits per heavy atom. The van der Waals surface area contributed by atoms with Gasteiger partial charge < -0.3 is 10.1 Å². The molecule has 0 aliphatic carbocycles. The van der Waals surface area contributed by atoms with Crippen molar-refractivity contribution in [1.29, 1.82) is 0 Å². The second-order valence-corrected chi connectivity index (χ2v) is 4.11. The maximum atomic E-state index is 5.59. The van der Waals surface area contributed by atoms with Crippen LogP contribution >= 0.6 is 0 Å². The Labute approximate surface area is 84.3 Å². The second kappa shape index (κ2) is 3.28. The number of benzene rings is 1. The lowest BCUT2D eigenvalue weighted by molar-refractivity contribution is 0.287. The molecule has 2 heterocycles. The summed E-state index contributed by atoms with van der Waals surface area (Å²) in [6, 6.07) is 7.23. The molecule has 2 aliphatic heterocycles. The summed E-state index contributed by atoms with van der Waals surface area (Å²) in [4.78, 5) is 0. The fraction of sp³-hybridized carbons (Fsp3) is 0.500. The molecule has 0 bridgehead atoms. The van der Waals surface area contributed by atoms with Crippen LogP contribution in [0.1, 0.15) is 30.0 Å². The lowest BCUT2D eigenvalue weighted by Crippen LogP contribution is -2.35. The minimum absolute atomic E-state index is 0.599. The number of nitrogens with one attached hydrogen (secondary N) is 1. The molecule has 2 nitrogen and oxygen atoms in total. The first-order valence-corrected chi connectivity index (χ1v) is 5.42. The number of hydrogen-bond acceptors (Lipinski definition) is 2. The fourth-order valence-corrected chi connectivity index (χ4v) is 2.17. The largest absolute Gasteiger partial charge is 0.493 e. The van der Waals surface area contributed by atoms with Crippen molar-refractivity contribution in [2.45, 2.75) is 25.3 Å². The standard InChI is InChI=1S/C12H15NO/c1-2-10-8-9(11-5-6-13-11)3-4-12(10)14-7-1/h3-4,8,11,13H,1-2,5-7H2/t11-/m1/s1. The first-order valence-electron chi connectivity index (χ1n) is 5.42. The minimum atomic E-state index is 0.599. The van der Waals surface area contributed by atoms with E-state index in [0.29, 0.717) is 6.04 Å². The Kier molecular flexibility index (Phi) is 1.95. The molecule has 0 radical (unpaired) electrons. The van der Waals surface area contributed by atoms with Crippen molar-refractivity contribution >= 4 is 0 Å². The first kappa shape index (κ1) is 8.30. The molecule has 1 N–H and O–H groups in total. The second-order valence-electron chi connectivity index (χ2n) is 4.11. The van der Waals surface area contributed by atoms with E-state index in [-0.39, 0.29) is 0 Å². The highest BCUT2D eigenvalue weighted by molar-refractivity contribution is 5.40. The van der Waals surface area contributed by atoms with E-state index in [1.165, 1.54) is 24.0 Å². The SMILES string of the molecule is c1cc2c(cc1[C@H]1CCN1)CCCO2. The summed E-state index contributed by atoms with van der Waals surface area (Å²) >= 11 is 0. The summed E-state index contributed by atoms with van der Waals surface area (Å²) in [5.74, 6) is 1.10. The molecule has 1 saturated heterocycles. The predicted octanol–water partition coefficient (Wildman–Crippen LogP) is 2.05. The lowest BCUT2D eigenvalue weighted by atomic mass is 9.94. The molecule has 0 aromatic heterocycles. The summed E-state index contributed by atoms with van der Waals surface area (Å²) < 4.78 is 5.59. The van der Waals surface area contributed by atoms with E-state index in [4.69, 9.17) is 4.74 Å². The van der Waals surface area contributed by atoms with Crippen molar-refractivity contribution in [1.82, 2.24) is 5.32 Å². The number of hydrogen-bond donors (Lipinski definition) is 1. The Hall–Kier alpha value is -1.02. The molecule has 3 rings (SSSR count). The molecule has 2 heteroatoms. The molecule has 1 fully saturated rings. The van der Waals surface area contributed by atoms with Crippen LogP contribution in [0.3, 0.4) is 0 Å². The highest BCUT2D eigenvalue weighted by atomic mass is 16.5. The fourth-order valence-electron chi connectivity index (χ4n) is 2.17. The molecule has 1 aromatic rings. The van der Waals surface area contributed by atoms with Crippen LogP contribution in [0.25, 0.3) is 0 Å². The molecule has 0 amide bonds.